The van der Waals surface area contributed by atoms with Crippen LogP contribution in [0.2, 0.25) is 0 Å². The average Bonchev–Trinajstić information content (AvgIpc) is 2.20. The zero-order chi connectivity index (χ0) is 15.1. The number of rotatable bonds is 3. The van der Waals surface area contributed by atoms with Crippen LogP contribution in [-0.4, -0.2) is 8.42 Å². The third-order valence-electron chi connectivity index (χ3n) is 2.79. The largest absolute Gasteiger partial charge is 0.239 e. The normalized spacial score (nSPS) is 12.5. The Bertz CT molecular complexity index is 610. The van der Waals surface area contributed by atoms with Gasteiger partial charge in [-0.25, -0.2) is 13.6 Å². The number of hydrogen-bond acceptors (Lipinski definition) is 2. The maximum Gasteiger partial charge on any atom is 0.239 e. The first-order valence-corrected chi connectivity index (χ1v) is 9.65. The first-order valence-electron chi connectivity index (χ1n) is 5.73. The van der Waals surface area contributed by atoms with Crippen molar-refractivity contribution in [1.29, 1.82) is 0 Å². The molecule has 0 saturated heterocycles. The van der Waals surface area contributed by atoms with Gasteiger partial charge in [0.25, 0.3) is 0 Å². The second kappa shape index (κ2) is 6.13. The first-order chi connectivity index (χ1) is 8.50. The van der Waals surface area contributed by atoms with Gasteiger partial charge in [0.05, 0.1) is 0 Å². The molecule has 0 atom stereocenters. The summed E-state index contributed by atoms with van der Waals surface area (Å²) in [4.78, 5) is 0.168. The minimum Gasteiger partial charge on any atom is -0.225 e. The Balaban J connectivity index is 3.98. The van der Waals surface area contributed by atoms with E-state index in [1.54, 1.807) is 0 Å². The highest BCUT2D eigenvalue weighted by atomic mass is 79.9. The van der Waals surface area contributed by atoms with E-state index in [-0.39, 0.29) is 16.7 Å². The Labute approximate surface area is 139 Å². The molecule has 0 aliphatic rings. The summed E-state index contributed by atoms with van der Waals surface area (Å²) < 4.78 is 26.0. The number of primary sulfonamides is 1. The summed E-state index contributed by atoms with van der Waals surface area (Å²) in [6.45, 7) is 7.86. The molecular weight excluding hydrogens is 462 g/mol. The smallest absolute Gasteiger partial charge is 0.225 e. The summed E-state index contributed by atoms with van der Waals surface area (Å²) in [5, 5.41) is 5.39. The average molecular weight is 478 g/mol. The van der Waals surface area contributed by atoms with Crippen molar-refractivity contribution in [2.45, 2.75) is 44.4 Å². The molecule has 0 heterocycles. The van der Waals surface area contributed by atoms with Gasteiger partial charge in [-0.1, -0.05) is 27.7 Å². The summed E-state index contributed by atoms with van der Waals surface area (Å²) in [6, 6.07) is 0. The molecule has 108 valence electrons. The third-order valence-corrected chi connectivity index (χ3v) is 7.04. The zero-order valence-electron chi connectivity index (χ0n) is 11.1. The number of sulfonamides is 1. The maximum atomic E-state index is 11.9. The zero-order valence-corrected chi connectivity index (χ0v) is 16.7. The van der Waals surface area contributed by atoms with E-state index in [9.17, 15) is 8.42 Å². The molecule has 1 aromatic carbocycles. The standard InChI is InChI=1S/C12H16Br3NO2S/c1-5(2)7-9(13)10(14)8(6(3)4)12(11(7)15)19(16,17)18/h5-6H,1-4H3,(H2,16,17,18). The fraction of sp³-hybridized carbons (Fsp3) is 0.500. The van der Waals surface area contributed by atoms with E-state index < -0.39 is 10.0 Å². The van der Waals surface area contributed by atoms with Crippen LogP contribution in [0.5, 0.6) is 0 Å². The number of nitrogens with two attached hydrogens (primary N) is 1. The highest BCUT2D eigenvalue weighted by Crippen LogP contribution is 2.46. The van der Waals surface area contributed by atoms with Crippen LogP contribution in [-0.2, 0) is 10.0 Å². The molecule has 1 aromatic rings. The van der Waals surface area contributed by atoms with Crippen LogP contribution in [0.3, 0.4) is 0 Å². The minimum absolute atomic E-state index is 0.0245. The highest BCUT2D eigenvalue weighted by Gasteiger charge is 2.28. The van der Waals surface area contributed by atoms with Crippen LogP contribution in [0.1, 0.15) is 50.7 Å². The SMILES string of the molecule is CC(C)c1c(Br)c(Br)c(C(C)C)c(S(N)(=O)=O)c1Br. The molecule has 2 N–H and O–H groups in total. The molecule has 0 aliphatic heterocycles. The predicted octanol–water partition coefficient (Wildman–Crippen LogP) is 4.87. The number of benzene rings is 1. The summed E-state index contributed by atoms with van der Waals surface area (Å²) in [5.74, 6) is 0.179. The molecule has 0 aromatic heterocycles. The van der Waals surface area contributed by atoms with E-state index in [1.165, 1.54) is 0 Å². The van der Waals surface area contributed by atoms with Gasteiger partial charge in [-0.15, -0.1) is 0 Å². The van der Waals surface area contributed by atoms with Gasteiger partial charge >= 0.3 is 0 Å². The van der Waals surface area contributed by atoms with Gasteiger partial charge in [-0.05, 0) is 70.8 Å². The topological polar surface area (TPSA) is 60.2 Å². The minimum atomic E-state index is -3.80. The van der Waals surface area contributed by atoms with Gasteiger partial charge in [0, 0.05) is 13.4 Å². The Morgan fingerprint density at radius 2 is 1.21 bits per heavy atom. The summed E-state index contributed by atoms with van der Waals surface area (Å²) in [6.07, 6.45) is 0. The van der Waals surface area contributed by atoms with Crippen molar-refractivity contribution in [1.82, 2.24) is 0 Å². The fourth-order valence-corrected chi connectivity index (χ4v) is 6.66. The fourth-order valence-electron chi connectivity index (χ4n) is 1.97. The van der Waals surface area contributed by atoms with Gasteiger partial charge in [0.2, 0.25) is 10.0 Å². The van der Waals surface area contributed by atoms with E-state index in [0.29, 0.717) is 10.0 Å². The predicted molar refractivity (Wildman–Crippen MR) is 89.1 cm³/mol. The Morgan fingerprint density at radius 3 is 1.53 bits per heavy atom. The lowest BCUT2D eigenvalue weighted by Gasteiger charge is -2.22. The number of hydrogen-bond donors (Lipinski definition) is 1. The van der Waals surface area contributed by atoms with E-state index in [0.717, 1.165) is 14.5 Å². The molecule has 1 rings (SSSR count). The lowest BCUT2D eigenvalue weighted by Crippen LogP contribution is -2.18. The van der Waals surface area contributed by atoms with Crippen molar-refractivity contribution in [2.24, 2.45) is 5.14 Å². The van der Waals surface area contributed by atoms with Gasteiger partial charge in [0.15, 0.2) is 0 Å². The number of halogens is 3. The van der Waals surface area contributed by atoms with Crippen molar-refractivity contribution >= 4 is 57.8 Å². The molecule has 0 saturated carbocycles. The van der Waals surface area contributed by atoms with E-state index in [1.807, 2.05) is 27.7 Å². The molecule has 0 fully saturated rings. The summed E-state index contributed by atoms with van der Waals surface area (Å²) in [5.41, 5.74) is 1.57. The van der Waals surface area contributed by atoms with Crippen LogP contribution < -0.4 is 5.14 Å². The van der Waals surface area contributed by atoms with Gasteiger partial charge in [-0.2, -0.15) is 0 Å². The van der Waals surface area contributed by atoms with Gasteiger partial charge < -0.3 is 0 Å². The lowest BCUT2D eigenvalue weighted by molar-refractivity contribution is 0.594. The van der Waals surface area contributed by atoms with Gasteiger partial charge in [0.1, 0.15) is 4.90 Å². The molecule has 19 heavy (non-hydrogen) atoms. The van der Waals surface area contributed by atoms with Crippen molar-refractivity contribution < 1.29 is 8.42 Å². The van der Waals surface area contributed by atoms with Crippen LogP contribution >= 0.6 is 47.8 Å². The summed E-state index contributed by atoms with van der Waals surface area (Å²) in [7, 11) is -3.80. The molecule has 0 aliphatic carbocycles. The van der Waals surface area contributed by atoms with E-state index in [4.69, 9.17) is 5.14 Å². The molecule has 0 amide bonds. The van der Waals surface area contributed by atoms with Crippen LogP contribution in [0, 0.1) is 0 Å². The maximum absolute atomic E-state index is 11.9. The molecule has 3 nitrogen and oxygen atoms in total. The van der Waals surface area contributed by atoms with Crippen molar-refractivity contribution in [3.05, 3.63) is 24.5 Å². The van der Waals surface area contributed by atoms with E-state index in [2.05, 4.69) is 47.8 Å². The lowest BCUT2D eigenvalue weighted by atomic mass is 9.97. The molecule has 0 bridgehead atoms. The molecular formula is C12H16Br3NO2S. The first kappa shape index (κ1) is 17.6. The molecule has 0 unspecified atom stereocenters. The van der Waals surface area contributed by atoms with Crippen LogP contribution in [0.4, 0.5) is 0 Å². The highest BCUT2D eigenvalue weighted by molar-refractivity contribution is 9.13. The van der Waals surface area contributed by atoms with Crippen molar-refractivity contribution in [2.75, 3.05) is 0 Å². The summed E-state index contributed by atoms with van der Waals surface area (Å²) >= 11 is 10.4. The van der Waals surface area contributed by atoms with Gasteiger partial charge in [-0.3, -0.25) is 0 Å². The second-order valence-electron chi connectivity index (χ2n) is 4.95. The Morgan fingerprint density at radius 1 is 0.842 bits per heavy atom. The molecule has 7 heteroatoms. The Kier molecular flexibility index (Phi) is 5.69. The Hall–Kier alpha value is 0.570. The second-order valence-corrected chi connectivity index (χ2v) is 8.83. The molecule has 0 radical (unpaired) electrons. The quantitative estimate of drug-likeness (QED) is 0.631. The van der Waals surface area contributed by atoms with Crippen LogP contribution in [0.25, 0.3) is 0 Å². The van der Waals surface area contributed by atoms with E-state index >= 15 is 0 Å². The third kappa shape index (κ3) is 3.43. The van der Waals surface area contributed by atoms with Crippen molar-refractivity contribution in [3.8, 4) is 0 Å². The monoisotopic (exact) mass is 475 g/mol. The molecule has 0 spiro atoms. The van der Waals surface area contributed by atoms with Crippen LogP contribution in [0.15, 0.2) is 18.3 Å². The van der Waals surface area contributed by atoms with Crippen molar-refractivity contribution in [3.63, 3.8) is 0 Å².